The van der Waals surface area contributed by atoms with Gasteiger partial charge in [-0.3, -0.25) is 0 Å². The van der Waals surface area contributed by atoms with Gasteiger partial charge < -0.3 is 25.5 Å². The number of rotatable bonds is 6. The Morgan fingerprint density at radius 1 is 1.33 bits per heavy atom. The van der Waals surface area contributed by atoms with Gasteiger partial charge in [0.05, 0.1) is 13.2 Å². The molecular weight excluding hydrogens is 261 g/mol. The number of carbonyl (C=O) groups is 2. The fourth-order valence-electron chi connectivity index (χ4n) is 0.973. The summed E-state index contributed by atoms with van der Waals surface area (Å²) in [4.78, 5) is 21.7. The highest BCUT2D eigenvalue weighted by Gasteiger charge is 2.33. The number of aliphatic hydroxyl groups is 2. The molecule has 106 valence electrons. The van der Waals surface area contributed by atoms with Crippen LogP contribution in [0.1, 0.15) is 0 Å². The first kappa shape index (κ1) is 16.4. The molecule has 7 nitrogen and oxygen atoms in total. The van der Waals surface area contributed by atoms with Gasteiger partial charge in [0.2, 0.25) is 0 Å². The van der Waals surface area contributed by atoms with Crippen molar-refractivity contribution in [3.05, 3.63) is 0 Å². The molecule has 1 atom stereocenters. The Hall–Kier alpha value is -1.55. The number of nitrogens with one attached hydrogen (secondary N) is 1. The molecule has 0 aliphatic heterocycles. The molecular formula is C8H13F3N2O5. The van der Waals surface area contributed by atoms with Crippen LogP contribution in [0, 0.1) is 0 Å². The van der Waals surface area contributed by atoms with Crippen molar-refractivity contribution in [1.82, 2.24) is 10.2 Å². The van der Waals surface area contributed by atoms with E-state index in [-0.39, 0.29) is 4.90 Å². The molecule has 0 aromatic heterocycles. The van der Waals surface area contributed by atoms with Gasteiger partial charge in [-0.25, -0.2) is 9.59 Å². The largest absolute Gasteiger partial charge is 0.479 e. The highest BCUT2D eigenvalue weighted by Crippen LogP contribution is 2.16. The zero-order valence-electron chi connectivity index (χ0n) is 9.15. The molecule has 0 saturated heterocycles. The van der Waals surface area contributed by atoms with E-state index in [2.05, 4.69) is 0 Å². The van der Waals surface area contributed by atoms with Crippen LogP contribution in [-0.2, 0) is 4.79 Å². The van der Waals surface area contributed by atoms with Crippen LogP contribution in [0.3, 0.4) is 0 Å². The number of carboxylic acid groups (broad SMARTS) is 1. The molecule has 0 bridgehead atoms. The number of hydrogen-bond acceptors (Lipinski definition) is 4. The fraction of sp³-hybridized carbons (Fsp3) is 0.750. The average molecular weight is 274 g/mol. The summed E-state index contributed by atoms with van der Waals surface area (Å²) < 4.78 is 36.2. The number of halogens is 3. The quantitative estimate of drug-likeness (QED) is 0.496. The minimum absolute atomic E-state index is 0.259. The Balaban J connectivity index is 4.35. The Labute approximate surface area is 99.8 Å². The number of carbonyl (C=O) groups excluding carboxylic acids is 1. The van der Waals surface area contributed by atoms with Gasteiger partial charge in [0.1, 0.15) is 6.54 Å². The maximum atomic E-state index is 12.1. The molecule has 0 rings (SSSR count). The van der Waals surface area contributed by atoms with Crippen LogP contribution in [-0.4, -0.2) is 70.7 Å². The molecule has 18 heavy (non-hydrogen) atoms. The lowest BCUT2D eigenvalue weighted by Gasteiger charge is -2.23. The lowest BCUT2D eigenvalue weighted by Crippen LogP contribution is -2.48. The topological polar surface area (TPSA) is 110 Å². The van der Waals surface area contributed by atoms with Crippen molar-refractivity contribution < 1.29 is 38.1 Å². The van der Waals surface area contributed by atoms with Gasteiger partial charge in [-0.2, -0.15) is 13.2 Å². The van der Waals surface area contributed by atoms with E-state index in [4.69, 9.17) is 15.3 Å². The third-order valence-corrected chi connectivity index (χ3v) is 1.76. The number of carboxylic acids is 1. The van der Waals surface area contributed by atoms with E-state index in [0.29, 0.717) is 0 Å². The summed E-state index contributed by atoms with van der Waals surface area (Å²) >= 11 is 0. The van der Waals surface area contributed by atoms with Crippen molar-refractivity contribution in [3.63, 3.8) is 0 Å². The van der Waals surface area contributed by atoms with Gasteiger partial charge in [0.25, 0.3) is 0 Å². The minimum Gasteiger partial charge on any atom is -0.479 e. The predicted octanol–water partition coefficient (Wildman–Crippen LogP) is -1.00. The molecule has 0 aliphatic carbocycles. The number of aliphatic hydroxyl groups excluding tert-OH is 2. The first-order valence-electron chi connectivity index (χ1n) is 4.78. The smallest absolute Gasteiger partial charge is 0.406 e. The summed E-state index contributed by atoms with van der Waals surface area (Å²) in [7, 11) is 0. The third kappa shape index (κ3) is 6.91. The van der Waals surface area contributed by atoms with Gasteiger partial charge in [-0.1, -0.05) is 0 Å². The van der Waals surface area contributed by atoms with Crippen molar-refractivity contribution in [2.75, 3.05) is 26.2 Å². The molecule has 0 heterocycles. The second-order valence-electron chi connectivity index (χ2n) is 3.30. The van der Waals surface area contributed by atoms with Crippen LogP contribution in [0.15, 0.2) is 0 Å². The molecule has 0 unspecified atom stereocenters. The molecule has 4 N–H and O–H groups in total. The third-order valence-electron chi connectivity index (χ3n) is 1.76. The first-order valence-corrected chi connectivity index (χ1v) is 4.78. The molecule has 0 spiro atoms. The SMILES string of the molecule is O=C(O)[C@@H](O)CNC(=O)N(CCO)CC(F)(F)F. The molecule has 0 radical (unpaired) electrons. The van der Waals surface area contributed by atoms with E-state index in [0.717, 1.165) is 0 Å². The predicted molar refractivity (Wildman–Crippen MR) is 51.8 cm³/mol. The second-order valence-corrected chi connectivity index (χ2v) is 3.30. The second kappa shape index (κ2) is 7.01. The number of amides is 2. The van der Waals surface area contributed by atoms with Crippen LogP contribution >= 0.6 is 0 Å². The number of alkyl halides is 3. The Bertz CT molecular complexity index is 297. The highest BCUT2D eigenvalue weighted by atomic mass is 19.4. The normalized spacial score (nSPS) is 12.9. The summed E-state index contributed by atoms with van der Waals surface area (Å²) in [5.74, 6) is -1.61. The van der Waals surface area contributed by atoms with Crippen LogP contribution in [0.2, 0.25) is 0 Å². The number of aliphatic carboxylic acids is 1. The molecule has 0 aromatic carbocycles. The first-order chi connectivity index (χ1) is 8.17. The van der Waals surface area contributed by atoms with Crippen LogP contribution < -0.4 is 5.32 Å². The van der Waals surface area contributed by atoms with Crippen molar-refractivity contribution in [1.29, 1.82) is 0 Å². The van der Waals surface area contributed by atoms with Crippen molar-refractivity contribution in [2.24, 2.45) is 0 Å². The van der Waals surface area contributed by atoms with E-state index < -0.39 is 50.5 Å². The van der Waals surface area contributed by atoms with Crippen LogP contribution in [0.5, 0.6) is 0 Å². The van der Waals surface area contributed by atoms with E-state index >= 15 is 0 Å². The lowest BCUT2D eigenvalue weighted by atomic mass is 10.3. The monoisotopic (exact) mass is 274 g/mol. The van der Waals surface area contributed by atoms with Gasteiger partial charge in [0, 0.05) is 6.54 Å². The Morgan fingerprint density at radius 2 is 1.89 bits per heavy atom. The molecule has 2 amide bonds. The molecule has 10 heteroatoms. The number of urea groups is 1. The zero-order valence-corrected chi connectivity index (χ0v) is 9.15. The maximum Gasteiger partial charge on any atom is 0.406 e. The Morgan fingerprint density at radius 3 is 2.28 bits per heavy atom. The molecule has 0 saturated carbocycles. The molecule has 0 aromatic rings. The van der Waals surface area contributed by atoms with E-state index in [1.807, 2.05) is 5.32 Å². The number of hydrogen-bond donors (Lipinski definition) is 4. The zero-order chi connectivity index (χ0) is 14.3. The number of nitrogens with zero attached hydrogens (tertiary/aromatic N) is 1. The fourth-order valence-corrected chi connectivity index (χ4v) is 0.973. The van der Waals surface area contributed by atoms with Gasteiger partial charge >= 0.3 is 18.2 Å². The summed E-state index contributed by atoms with van der Waals surface area (Å²) in [6, 6.07) is -1.22. The summed E-state index contributed by atoms with van der Waals surface area (Å²) in [6.07, 6.45) is -6.55. The van der Waals surface area contributed by atoms with Gasteiger partial charge in [-0.05, 0) is 0 Å². The average Bonchev–Trinajstić information content (AvgIpc) is 2.22. The van der Waals surface area contributed by atoms with E-state index in [9.17, 15) is 22.8 Å². The van der Waals surface area contributed by atoms with Crippen LogP contribution in [0.25, 0.3) is 0 Å². The Kier molecular flexibility index (Phi) is 6.41. The standard InChI is InChI=1S/C8H13F3N2O5/c9-8(10,11)4-13(1-2-14)7(18)12-3-5(15)6(16)17/h5,14-15H,1-4H2,(H,12,18)(H,16,17)/t5-/m0/s1. The van der Waals surface area contributed by atoms with E-state index in [1.165, 1.54) is 0 Å². The lowest BCUT2D eigenvalue weighted by molar-refractivity contribution is -0.146. The van der Waals surface area contributed by atoms with E-state index in [1.54, 1.807) is 0 Å². The summed E-state index contributed by atoms with van der Waals surface area (Å²) in [6.45, 7) is -3.55. The minimum atomic E-state index is -4.64. The summed E-state index contributed by atoms with van der Waals surface area (Å²) in [5.41, 5.74) is 0. The van der Waals surface area contributed by atoms with Crippen molar-refractivity contribution >= 4 is 12.0 Å². The summed E-state index contributed by atoms with van der Waals surface area (Å²) in [5, 5.41) is 27.4. The van der Waals surface area contributed by atoms with Gasteiger partial charge in [0.15, 0.2) is 6.10 Å². The highest BCUT2D eigenvalue weighted by molar-refractivity contribution is 5.76. The molecule has 0 aliphatic rings. The van der Waals surface area contributed by atoms with Crippen LogP contribution in [0.4, 0.5) is 18.0 Å². The maximum absolute atomic E-state index is 12.1. The molecule has 0 fully saturated rings. The van der Waals surface area contributed by atoms with Crippen molar-refractivity contribution in [2.45, 2.75) is 12.3 Å². The van der Waals surface area contributed by atoms with Gasteiger partial charge in [-0.15, -0.1) is 0 Å². The van der Waals surface area contributed by atoms with Crippen molar-refractivity contribution in [3.8, 4) is 0 Å².